The molecule has 0 aliphatic heterocycles. The van der Waals surface area contributed by atoms with Crippen LogP contribution >= 0.6 is 0 Å². The van der Waals surface area contributed by atoms with Gasteiger partial charge in [0.25, 0.3) is 0 Å². The third kappa shape index (κ3) is 5.16. The molecule has 0 radical (unpaired) electrons. The van der Waals surface area contributed by atoms with Gasteiger partial charge in [-0.25, -0.2) is 0 Å². The number of hydrogen-bond acceptors (Lipinski definition) is 4. The highest BCUT2D eigenvalue weighted by molar-refractivity contribution is 5.76. The molecule has 0 aliphatic rings. The maximum atomic E-state index is 11.3. The molecular weight excluding hydrogens is 184 g/mol. The number of hydrogen-bond donors (Lipinski definition) is 4. The summed E-state index contributed by atoms with van der Waals surface area (Å²) in [6.07, 6.45) is 0.909. The molecule has 0 heterocycles. The van der Waals surface area contributed by atoms with Gasteiger partial charge in [0.05, 0.1) is 18.8 Å². The second-order valence-corrected chi connectivity index (χ2v) is 3.94. The summed E-state index contributed by atoms with van der Waals surface area (Å²) in [4.78, 5) is 11.3. The number of nitrogens with one attached hydrogen (secondary N) is 1. The molecule has 5 N–H and O–H groups in total. The first kappa shape index (κ1) is 13.4. The zero-order chi connectivity index (χ0) is 11.2. The van der Waals surface area contributed by atoms with Crippen LogP contribution in [0.3, 0.4) is 0 Å². The van der Waals surface area contributed by atoms with E-state index in [0.29, 0.717) is 12.8 Å². The largest absolute Gasteiger partial charge is 0.394 e. The Kier molecular flexibility index (Phi) is 5.68. The number of aliphatic hydroxyl groups is 2. The van der Waals surface area contributed by atoms with Crippen LogP contribution in [0.15, 0.2) is 0 Å². The molecule has 0 rings (SSSR count). The Morgan fingerprint density at radius 1 is 1.50 bits per heavy atom. The number of aliphatic hydroxyl groups excluding tert-OH is 2. The fourth-order valence-electron chi connectivity index (χ4n) is 0.887. The predicted octanol–water partition coefficient (Wildman–Crippen LogP) is -1.03. The van der Waals surface area contributed by atoms with Crippen molar-refractivity contribution in [3.63, 3.8) is 0 Å². The summed E-state index contributed by atoms with van der Waals surface area (Å²) in [6, 6.07) is -0.0183. The predicted molar refractivity (Wildman–Crippen MR) is 53.6 cm³/mol. The van der Waals surface area contributed by atoms with Crippen molar-refractivity contribution in [2.24, 2.45) is 5.73 Å². The van der Waals surface area contributed by atoms with E-state index >= 15 is 0 Å². The lowest BCUT2D eigenvalue weighted by molar-refractivity contribution is -0.124. The molecule has 84 valence electrons. The van der Waals surface area contributed by atoms with Crippen molar-refractivity contribution in [1.29, 1.82) is 0 Å². The SMILES string of the molecule is CC(N)CCC(=O)NC(C)(CO)CO. The summed E-state index contributed by atoms with van der Waals surface area (Å²) in [5.41, 5.74) is 4.56. The topological polar surface area (TPSA) is 95.6 Å². The summed E-state index contributed by atoms with van der Waals surface area (Å²) < 4.78 is 0. The van der Waals surface area contributed by atoms with Crippen LogP contribution in [0.1, 0.15) is 26.7 Å². The Labute approximate surface area is 84.3 Å². The maximum absolute atomic E-state index is 11.3. The normalized spacial score (nSPS) is 13.8. The van der Waals surface area contributed by atoms with Crippen molar-refractivity contribution in [2.75, 3.05) is 13.2 Å². The average Bonchev–Trinajstić information content (AvgIpc) is 2.14. The van der Waals surface area contributed by atoms with Gasteiger partial charge in [-0.2, -0.15) is 0 Å². The van der Waals surface area contributed by atoms with E-state index < -0.39 is 5.54 Å². The molecule has 0 saturated heterocycles. The van der Waals surface area contributed by atoms with E-state index in [1.807, 2.05) is 6.92 Å². The highest BCUT2D eigenvalue weighted by atomic mass is 16.3. The van der Waals surface area contributed by atoms with Gasteiger partial charge in [-0.1, -0.05) is 0 Å². The number of nitrogens with two attached hydrogens (primary N) is 1. The van der Waals surface area contributed by atoms with E-state index in [1.54, 1.807) is 6.92 Å². The first-order valence-electron chi connectivity index (χ1n) is 4.72. The van der Waals surface area contributed by atoms with Gasteiger partial charge in [-0.15, -0.1) is 0 Å². The monoisotopic (exact) mass is 204 g/mol. The lowest BCUT2D eigenvalue weighted by atomic mass is 10.0. The zero-order valence-electron chi connectivity index (χ0n) is 8.79. The summed E-state index contributed by atoms with van der Waals surface area (Å²) in [5, 5.41) is 20.4. The first-order chi connectivity index (χ1) is 6.43. The molecule has 1 atom stereocenters. The molecule has 5 nitrogen and oxygen atoms in total. The fourth-order valence-corrected chi connectivity index (χ4v) is 0.887. The van der Waals surface area contributed by atoms with Crippen LogP contribution in [0.4, 0.5) is 0 Å². The number of carbonyl (C=O) groups is 1. The Morgan fingerprint density at radius 3 is 2.36 bits per heavy atom. The molecular formula is C9H20N2O3. The van der Waals surface area contributed by atoms with E-state index in [1.165, 1.54) is 0 Å². The van der Waals surface area contributed by atoms with Crippen molar-refractivity contribution in [3.8, 4) is 0 Å². The molecule has 0 fully saturated rings. The van der Waals surface area contributed by atoms with Gasteiger partial charge < -0.3 is 21.3 Å². The van der Waals surface area contributed by atoms with Gasteiger partial charge in [-0.3, -0.25) is 4.79 Å². The van der Waals surface area contributed by atoms with Gasteiger partial charge in [0.2, 0.25) is 5.91 Å². The lowest BCUT2D eigenvalue weighted by Gasteiger charge is -2.26. The van der Waals surface area contributed by atoms with Crippen LogP contribution in [-0.2, 0) is 4.79 Å². The highest BCUT2D eigenvalue weighted by Gasteiger charge is 2.24. The number of carbonyl (C=O) groups excluding carboxylic acids is 1. The average molecular weight is 204 g/mol. The molecule has 0 aliphatic carbocycles. The van der Waals surface area contributed by atoms with Crippen LogP contribution < -0.4 is 11.1 Å². The van der Waals surface area contributed by atoms with E-state index in [4.69, 9.17) is 15.9 Å². The molecule has 0 saturated carbocycles. The van der Waals surface area contributed by atoms with Gasteiger partial charge >= 0.3 is 0 Å². The smallest absolute Gasteiger partial charge is 0.220 e. The molecule has 0 bridgehead atoms. The second kappa shape index (κ2) is 5.95. The van der Waals surface area contributed by atoms with Gasteiger partial charge in [0.15, 0.2) is 0 Å². The van der Waals surface area contributed by atoms with Crippen LogP contribution in [0.25, 0.3) is 0 Å². The molecule has 0 aromatic rings. The third-order valence-electron chi connectivity index (χ3n) is 1.97. The standard InChI is InChI=1S/C9H20N2O3/c1-7(10)3-4-8(14)11-9(2,5-12)6-13/h7,12-13H,3-6,10H2,1-2H3,(H,11,14). The maximum Gasteiger partial charge on any atom is 0.220 e. The van der Waals surface area contributed by atoms with Crippen LogP contribution in [-0.4, -0.2) is 40.9 Å². The van der Waals surface area contributed by atoms with Crippen LogP contribution in [0.5, 0.6) is 0 Å². The molecule has 5 heteroatoms. The number of rotatable bonds is 6. The Bertz CT molecular complexity index is 179. The van der Waals surface area contributed by atoms with Crippen molar-refractivity contribution in [2.45, 2.75) is 38.3 Å². The molecule has 0 spiro atoms. The molecule has 0 aromatic carbocycles. The van der Waals surface area contributed by atoms with Gasteiger partial charge in [-0.05, 0) is 20.3 Å². The Hall–Kier alpha value is -0.650. The Balaban J connectivity index is 3.92. The van der Waals surface area contributed by atoms with Crippen LogP contribution in [0, 0.1) is 0 Å². The Morgan fingerprint density at radius 2 is 2.00 bits per heavy atom. The third-order valence-corrected chi connectivity index (χ3v) is 1.97. The lowest BCUT2D eigenvalue weighted by Crippen LogP contribution is -2.51. The second-order valence-electron chi connectivity index (χ2n) is 3.94. The van der Waals surface area contributed by atoms with Crippen LogP contribution in [0.2, 0.25) is 0 Å². The van der Waals surface area contributed by atoms with E-state index in [9.17, 15) is 4.79 Å². The van der Waals surface area contributed by atoms with Gasteiger partial charge in [0, 0.05) is 12.5 Å². The molecule has 14 heavy (non-hydrogen) atoms. The quantitative estimate of drug-likeness (QED) is 0.445. The van der Waals surface area contributed by atoms with E-state index in [0.717, 1.165) is 0 Å². The highest BCUT2D eigenvalue weighted by Crippen LogP contribution is 2.02. The van der Waals surface area contributed by atoms with Crippen molar-refractivity contribution < 1.29 is 15.0 Å². The molecule has 1 unspecified atom stereocenters. The summed E-state index contributed by atoms with van der Waals surface area (Å²) in [6.45, 7) is 2.84. The van der Waals surface area contributed by atoms with E-state index in [2.05, 4.69) is 5.32 Å². The number of amides is 1. The summed E-state index contributed by atoms with van der Waals surface area (Å²) >= 11 is 0. The summed E-state index contributed by atoms with van der Waals surface area (Å²) in [5.74, 6) is -0.201. The zero-order valence-corrected chi connectivity index (χ0v) is 8.79. The van der Waals surface area contributed by atoms with Crippen molar-refractivity contribution in [1.82, 2.24) is 5.32 Å². The molecule has 0 aromatic heterocycles. The van der Waals surface area contributed by atoms with Gasteiger partial charge in [0.1, 0.15) is 0 Å². The molecule has 1 amide bonds. The minimum absolute atomic E-state index is 0.0183. The summed E-state index contributed by atoms with van der Waals surface area (Å²) in [7, 11) is 0. The minimum Gasteiger partial charge on any atom is -0.394 e. The first-order valence-corrected chi connectivity index (χ1v) is 4.72. The van der Waals surface area contributed by atoms with E-state index in [-0.39, 0.29) is 25.2 Å². The van der Waals surface area contributed by atoms with Crippen molar-refractivity contribution in [3.05, 3.63) is 0 Å². The van der Waals surface area contributed by atoms with Crippen molar-refractivity contribution >= 4 is 5.91 Å². The fraction of sp³-hybridized carbons (Fsp3) is 0.889. The minimum atomic E-state index is -0.936.